The molecule has 0 atom stereocenters. The molecule has 3 heteroatoms. The highest BCUT2D eigenvalue weighted by molar-refractivity contribution is 6.09. The van der Waals surface area contributed by atoms with E-state index in [1.54, 1.807) is 0 Å². The number of hydrogen-bond donors (Lipinski definition) is 0. The van der Waals surface area contributed by atoms with Crippen LogP contribution in [0.25, 0.3) is 22.0 Å². The molecule has 3 aromatic rings. The molecule has 132 valence electrons. The summed E-state index contributed by atoms with van der Waals surface area (Å²) in [6.07, 6.45) is 3.42. The summed E-state index contributed by atoms with van der Waals surface area (Å²) in [6, 6.07) is 16.6. The van der Waals surface area contributed by atoms with Crippen LogP contribution in [0.2, 0.25) is 0 Å². The standard InChI is InChI=1S/C23H24N2O/c1-16-9-11-18(12-10-16)19-7-6-8-20-21(15-17(2)24-22(19)20)23(26)25-13-4-3-5-14-25/h6-12,15H,3-5,13-14H2,1-2H3. The van der Waals surface area contributed by atoms with Crippen molar-refractivity contribution in [1.82, 2.24) is 9.88 Å². The van der Waals surface area contributed by atoms with E-state index in [4.69, 9.17) is 4.98 Å². The molecule has 0 N–H and O–H groups in total. The predicted octanol–water partition coefficient (Wildman–Crippen LogP) is 5.14. The Morgan fingerprint density at radius 2 is 1.69 bits per heavy atom. The summed E-state index contributed by atoms with van der Waals surface area (Å²) in [7, 11) is 0. The van der Waals surface area contributed by atoms with Crippen LogP contribution in [-0.2, 0) is 0 Å². The number of para-hydroxylation sites is 1. The molecule has 1 aromatic heterocycles. The average Bonchev–Trinajstić information content (AvgIpc) is 2.68. The van der Waals surface area contributed by atoms with Crippen LogP contribution < -0.4 is 0 Å². The Morgan fingerprint density at radius 1 is 0.962 bits per heavy atom. The fourth-order valence-electron chi connectivity index (χ4n) is 3.79. The summed E-state index contributed by atoms with van der Waals surface area (Å²) < 4.78 is 0. The molecule has 0 spiro atoms. The Balaban J connectivity index is 1.86. The number of amides is 1. The topological polar surface area (TPSA) is 33.2 Å². The average molecular weight is 344 g/mol. The largest absolute Gasteiger partial charge is 0.339 e. The first kappa shape index (κ1) is 16.8. The highest BCUT2D eigenvalue weighted by Crippen LogP contribution is 2.30. The van der Waals surface area contributed by atoms with Crippen LogP contribution in [0.15, 0.2) is 48.5 Å². The second kappa shape index (κ2) is 6.91. The van der Waals surface area contributed by atoms with Gasteiger partial charge in [-0.2, -0.15) is 0 Å². The first-order valence-electron chi connectivity index (χ1n) is 9.40. The first-order valence-corrected chi connectivity index (χ1v) is 9.40. The van der Waals surface area contributed by atoms with Crippen LogP contribution >= 0.6 is 0 Å². The van der Waals surface area contributed by atoms with Gasteiger partial charge >= 0.3 is 0 Å². The molecule has 0 radical (unpaired) electrons. The molecule has 0 aliphatic carbocycles. The molecule has 1 amide bonds. The number of rotatable bonds is 2. The molecule has 2 heterocycles. The second-order valence-electron chi connectivity index (χ2n) is 7.23. The van der Waals surface area contributed by atoms with Gasteiger partial charge in [0.1, 0.15) is 0 Å². The van der Waals surface area contributed by atoms with E-state index in [1.165, 1.54) is 12.0 Å². The van der Waals surface area contributed by atoms with Crippen molar-refractivity contribution in [3.05, 3.63) is 65.4 Å². The van der Waals surface area contributed by atoms with Gasteiger partial charge in [0.15, 0.2) is 0 Å². The van der Waals surface area contributed by atoms with Crippen molar-refractivity contribution in [1.29, 1.82) is 0 Å². The molecule has 0 bridgehead atoms. The summed E-state index contributed by atoms with van der Waals surface area (Å²) in [4.78, 5) is 19.9. The van der Waals surface area contributed by atoms with Crippen molar-refractivity contribution < 1.29 is 4.79 Å². The lowest BCUT2D eigenvalue weighted by molar-refractivity contribution is 0.0726. The summed E-state index contributed by atoms with van der Waals surface area (Å²) >= 11 is 0. The number of benzene rings is 2. The van der Waals surface area contributed by atoms with E-state index in [9.17, 15) is 4.79 Å². The van der Waals surface area contributed by atoms with Crippen molar-refractivity contribution in [3.63, 3.8) is 0 Å². The Bertz CT molecular complexity index is 954. The summed E-state index contributed by atoms with van der Waals surface area (Å²) in [6.45, 7) is 5.78. The van der Waals surface area contributed by atoms with Crippen LogP contribution in [0, 0.1) is 13.8 Å². The van der Waals surface area contributed by atoms with E-state index in [0.717, 1.165) is 59.2 Å². The van der Waals surface area contributed by atoms with Gasteiger partial charge in [0.05, 0.1) is 11.1 Å². The predicted molar refractivity (Wildman–Crippen MR) is 106 cm³/mol. The number of carbonyl (C=O) groups excluding carboxylic acids is 1. The molecule has 0 unspecified atom stereocenters. The second-order valence-corrected chi connectivity index (χ2v) is 7.23. The molecule has 1 fully saturated rings. The molecular weight excluding hydrogens is 320 g/mol. The third-order valence-electron chi connectivity index (χ3n) is 5.20. The van der Waals surface area contributed by atoms with Gasteiger partial charge in [0.2, 0.25) is 0 Å². The Labute approximate surface area is 154 Å². The summed E-state index contributed by atoms with van der Waals surface area (Å²) in [5.41, 5.74) is 6.03. The minimum Gasteiger partial charge on any atom is -0.339 e. The van der Waals surface area contributed by atoms with E-state index in [-0.39, 0.29) is 5.91 Å². The smallest absolute Gasteiger partial charge is 0.254 e. The Hall–Kier alpha value is -2.68. The van der Waals surface area contributed by atoms with Crippen LogP contribution in [0.1, 0.15) is 40.9 Å². The van der Waals surface area contributed by atoms with Crippen LogP contribution in [-0.4, -0.2) is 28.9 Å². The van der Waals surface area contributed by atoms with E-state index in [2.05, 4.69) is 37.3 Å². The molecular formula is C23H24N2O. The lowest BCUT2D eigenvalue weighted by atomic mass is 9.97. The molecule has 3 nitrogen and oxygen atoms in total. The van der Waals surface area contributed by atoms with E-state index < -0.39 is 0 Å². The minimum atomic E-state index is 0.140. The van der Waals surface area contributed by atoms with Gasteiger partial charge in [0, 0.05) is 29.7 Å². The van der Waals surface area contributed by atoms with Crippen molar-refractivity contribution in [3.8, 4) is 11.1 Å². The zero-order chi connectivity index (χ0) is 18.1. The molecule has 0 saturated carbocycles. The van der Waals surface area contributed by atoms with Gasteiger partial charge in [-0.15, -0.1) is 0 Å². The number of fused-ring (bicyclic) bond motifs is 1. The monoisotopic (exact) mass is 344 g/mol. The number of aryl methyl sites for hydroxylation is 2. The van der Waals surface area contributed by atoms with E-state index >= 15 is 0 Å². The fourth-order valence-corrected chi connectivity index (χ4v) is 3.79. The van der Waals surface area contributed by atoms with Crippen molar-refractivity contribution in [2.75, 3.05) is 13.1 Å². The SMILES string of the molecule is Cc1ccc(-c2cccc3c(C(=O)N4CCCCC4)cc(C)nc23)cc1. The number of nitrogens with zero attached hydrogens (tertiary/aromatic N) is 2. The van der Waals surface area contributed by atoms with Crippen molar-refractivity contribution in [2.45, 2.75) is 33.1 Å². The lowest BCUT2D eigenvalue weighted by Crippen LogP contribution is -2.35. The van der Waals surface area contributed by atoms with Gasteiger partial charge in [0.25, 0.3) is 5.91 Å². The normalized spacial score (nSPS) is 14.6. The lowest BCUT2D eigenvalue weighted by Gasteiger charge is -2.27. The molecule has 1 saturated heterocycles. The zero-order valence-corrected chi connectivity index (χ0v) is 15.5. The van der Waals surface area contributed by atoms with Crippen LogP contribution in [0.5, 0.6) is 0 Å². The van der Waals surface area contributed by atoms with Crippen LogP contribution in [0.4, 0.5) is 0 Å². The fraction of sp³-hybridized carbons (Fsp3) is 0.304. The molecule has 4 rings (SSSR count). The number of hydrogen-bond acceptors (Lipinski definition) is 2. The molecule has 2 aromatic carbocycles. The Morgan fingerprint density at radius 3 is 2.42 bits per heavy atom. The third kappa shape index (κ3) is 3.10. The summed E-state index contributed by atoms with van der Waals surface area (Å²) in [5.74, 6) is 0.140. The maximum Gasteiger partial charge on any atom is 0.254 e. The first-order chi connectivity index (χ1) is 12.6. The maximum atomic E-state index is 13.2. The number of likely N-dealkylation sites (tertiary alicyclic amines) is 1. The highest BCUT2D eigenvalue weighted by atomic mass is 16.2. The van der Waals surface area contributed by atoms with E-state index in [0.29, 0.717) is 0 Å². The van der Waals surface area contributed by atoms with Gasteiger partial charge in [-0.05, 0) is 44.7 Å². The Kier molecular flexibility index (Phi) is 4.46. The highest BCUT2D eigenvalue weighted by Gasteiger charge is 2.21. The van der Waals surface area contributed by atoms with E-state index in [1.807, 2.05) is 30.0 Å². The van der Waals surface area contributed by atoms with Crippen LogP contribution in [0.3, 0.4) is 0 Å². The quantitative estimate of drug-likeness (QED) is 0.644. The molecule has 1 aliphatic rings. The number of piperidine rings is 1. The van der Waals surface area contributed by atoms with Gasteiger partial charge < -0.3 is 4.90 Å². The molecule has 1 aliphatic heterocycles. The van der Waals surface area contributed by atoms with Gasteiger partial charge in [-0.1, -0.05) is 48.0 Å². The number of pyridine rings is 1. The maximum absolute atomic E-state index is 13.2. The van der Waals surface area contributed by atoms with Crippen molar-refractivity contribution in [2.24, 2.45) is 0 Å². The number of carbonyl (C=O) groups is 1. The van der Waals surface area contributed by atoms with Gasteiger partial charge in [-0.3, -0.25) is 9.78 Å². The van der Waals surface area contributed by atoms with Gasteiger partial charge in [-0.25, -0.2) is 0 Å². The minimum absolute atomic E-state index is 0.140. The molecule has 26 heavy (non-hydrogen) atoms. The summed E-state index contributed by atoms with van der Waals surface area (Å²) in [5, 5.41) is 0.948. The zero-order valence-electron chi connectivity index (χ0n) is 15.5. The third-order valence-corrected chi connectivity index (χ3v) is 5.20. The van der Waals surface area contributed by atoms with Crippen molar-refractivity contribution >= 4 is 16.8 Å². The number of aromatic nitrogens is 1.